The predicted molar refractivity (Wildman–Crippen MR) is 71.7 cm³/mol. The van der Waals surface area contributed by atoms with Crippen LogP contribution in [0.5, 0.6) is 0 Å². The van der Waals surface area contributed by atoms with Gasteiger partial charge in [-0.05, 0) is 37.4 Å². The molecule has 1 aromatic carbocycles. The molecule has 0 aliphatic heterocycles. The van der Waals surface area contributed by atoms with Crippen molar-refractivity contribution in [3.05, 3.63) is 35.4 Å². The van der Waals surface area contributed by atoms with Gasteiger partial charge in [0.15, 0.2) is 0 Å². The molecular weight excluding hydrogens is 283 g/mol. The van der Waals surface area contributed by atoms with Gasteiger partial charge in [-0.3, -0.25) is 9.69 Å². The molecular formula is C15H18F3NO2. The van der Waals surface area contributed by atoms with Crippen molar-refractivity contribution in [2.24, 2.45) is 0 Å². The predicted octanol–water partition coefficient (Wildman–Crippen LogP) is 3.53. The molecule has 1 aliphatic carbocycles. The first-order valence-electron chi connectivity index (χ1n) is 6.99. The first-order valence-corrected chi connectivity index (χ1v) is 6.99. The van der Waals surface area contributed by atoms with Gasteiger partial charge in [0.25, 0.3) is 0 Å². The van der Waals surface area contributed by atoms with Gasteiger partial charge in [0, 0.05) is 19.0 Å². The Hall–Kier alpha value is -1.56. The topological polar surface area (TPSA) is 40.5 Å². The number of nitrogens with zero attached hydrogens (tertiary/aromatic N) is 1. The average Bonchev–Trinajstić information content (AvgIpc) is 3.20. The van der Waals surface area contributed by atoms with E-state index in [1.807, 2.05) is 4.90 Å². The van der Waals surface area contributed by atoms with Gasteiger partial charge in [-0.2, -0.15) is 13.2 Å². The molecule has 0 spiro atoms. The molecule has 0 amide bonds. The Morgan fingerprint density at radius 3 is 2.52 bits per heavy atom. The molecule has 2 rings (SSSR count). The lowest BCUT2D eigenvalue weighted by Gasteiger charge is -2.23. The van der Waals surface area contributed by atoms with Crippen LogP contribution in [0, 0.1) is 0 Å². The number of aliphatic carboxylic acids is 1. The van der Waals surface area contributed by atoms with E-state index in [0.717, 1.165) is 18.9 Å². The third kappa shape index (κ3) is 4.74. The highest BCUT2D eigenvalue weighted by Crippen LogP contribution is 2.34. The zero-order valence-corrected chi connectivity index (χ0v) is 11.6. The van der Waals surface area contributed by atoms with Crippen LogP contribution in [0.15, 0.2) is 24.3 Å². The summed E-state index contributed by atoms with van der Waals surface area (Å²) in [5.74, 6) is -0.874. The Labute approximate surface area is 121 Å². The van der Waals surface area contributed by atoms with Crippen LogP contribution in [0.2, 0.25) is 0 Å². The molecule has 1 aliphatic rings. The number of hydrogen-bond donors (Lipinski definition) is 1. The maximum absolute atomic E-state index is 13.0. The molecule has 3 nitrogen and oxygen atoms in total. The number of hydrogen-bond acceptors (Lipinski definition) is 2. The summed E-state index contributed by atoms with van der Waals surface area (Å²) in [4.78, 5) is 12.5. The number of rotatable bonds is 7. The quantitative estimate of drug-likeness (QED) is 0.837. The SMILES string of the molecule is O=C(O)CCCN(Cc1ccccc1C(F)(F)F)C1CC1. The van der Waals surface area contributed by atoms with Crippen molar-refractivity contribution in [3.8, 4) is 0 Å². The summed E-state index contributed by atoms with van der Waals surface area (Å²) in [6, 6.07) is 5.87. The van der Waals surface area contributed by atoms with Crippen molar-refractivity contribution in [1.82, 2.24) is 4.90 Å². The molecule has 0 heterocycles. The van der Waals surface area contributed by atoms with Crippen LogP contribution < -0.4 is 0 Å². The van der Waals surface area contributed by atoms with Crippen molar-refractivity contribution in [1.29, 1.82) is 0 Å². The normalized spacial score (nSPS) is 15.4. The highest BCUT2D eigenvalue weighted by Gasteiger charge is 2.35. The fourth-order valence-corrected chi connectivity index (χ4v) is 2.42. The van der Waals surface area contributed by atoms with Crippen molar-refractivity contribution in [2.45, 2.75) is 44.4 Å². The molecule has 0 bridgehead atoms. The second-order valence-electron chi connectivity index (χ2n) is 5.35. The standard InChI is InChI=1S/C15H18F3NO2/c16-15(17,18)13-5-2-1-4-11(13)10-19(12-7-8-12)9-3-6-14(20)21/h1-2,4-5,12H,3,6-10H2,(H,20,21). The summed E-state index contributed by atoms with van der Waals surface area (Å²) in [5.41, 5.74) is -0.346. The molecule has 0 saturated heterocycles. The van der Waals surface area contributed by atoms with Crippen molar-refractivity contribution in [2.75, 3.05) is 6.54 Å². The van der Waals surface area contributed by atoms with Crippen molar-refractivity contribution in [3.63, 3.8) is 0 Å². The Morgan fingerprint density at radius 1 is 1.29 bits per heavy atom. The van der Waals surface area contributed by atoms with Crippen LogP contribution in [0.25, 0.3) is 0 Å². The number of benzene rings is 1. The third-order valence-electron chi connectivity index (χ3n) is 3.60. The van der Waals surface area contributed by atoms with E-state index in [1.54, 1.807) is 6.07 Å². The Bertz CT molecular complexity index is 498. The Balaban J connectivity index is 2.05. The molecule has 1 N–H and O–H groups in total. The van der Waals surface area contributed by atoms with Crippen LogP contribution in [0.1, 0.15) is 36.8 Å². The Morgan fingerprint density at radius 2 is 1.95 bits per heavy atom. The number of carboxylic acids is 1. The maximum Gasteiger partial charge on any atom is 0.416 e. The van der Waals surface area contributed by atoms with Gasteiger partial charge in [-0.25, -0.2) is 0 Å². The maximum atomic E-state index is 13.0. The number of halogens is 3. The van der Waals surface area contributed by atoms with Gasteiger partial charge in [0.2, 0.25) is 0 Å². The lowest BCUT2D eigenvalue weighted by atomic mass is 10.1. The smallest absolute Gasteiger partial charge is 0.416 e. The van der Waals surface area contributed by atoms with E-state index in [1.165, 1.54) is 12.1 Å². The van der Waals surface area contributed by atoms with Crippen LogP contribution >= 0.6 is 0 Å². The third-order valence-corrected chi connectivity index (χ3v) is 3.60. The molecule has 1 fully saturated rings. The first kappa shape index (κ1) is 15.8. The lowest BCUT2D eigenvalue weighted by molar-refractivity contribution is -0.138. The Kier molecular flexibility index (Phi) is 4.88. The van der Waals surface area contributed by atoms with E-state index in [4.69, 9.17) is 5.11 Å². The monoisotopic (exact) mass is 301 g/mol. The van der Waals surface area contributed by atoms with Crippen LogP contribution in [0.4, 0.5) is 13.2 Å². The second kappa shape index (κ2) is 6.47. The van der Waals surface area contributed by atoms with Gasteiger partial charge in [0.1, 0.15) is 0 Å². The van der Waals surface area contributed by atoms with Crippen molar-refractivity contribution < 1.29 is 23.1 Å². The van der Waals surface area contributed by atoms with E-state index in [2.05, 4.69) is 0 Å². The van der Waals surface area contributed by atoms with Crippen LogP contribution in [-0.2, 0) is 17.5 Å². The fourth-order valence-electron chi connectivity index (χ4n) is 2.42. The summed E-state index contributed by atoms with van der Waals surface area (Å²) in [7, 11) is 0. The summed E-state index contributed by atoms with van der Waals surface area (Å²) < 4.78 is 38.9. The summed E-state index contributed by atoms with van der Waals surface area (Å²) in [6.07, 6.45) is -1.90. The number of carboxylic acid groups (broad SMARTS) is 1. The molecule has 21 heavy (non-hydrogen) atoms. The molecule has 1 saturated carbocycles. The van der Waals surface area contributed by atoms with E-state index in [0.29, 0.717) is 19.0 Å². The minimum absolute atomic E-state index is 0.0458. The summed E-state index contributed by atoms with van der Waals surface area (Å²) in [6.45, 7) is 0.739. The zero-order chi connectivity index (χ0) is 15.5. The van der Waals surface area contributed by atoms with Crippen molar-refractivity contribution >= 4 is 5.97 Å². The van der Waals surface area contributed by atoms with Crippen LogP contribution in [0.3, 0.4) is 0 Å². The molecule has 0 radical (unpaired) electrons. The lowest BCUT2D eigenvalue weighted by Crippen LogP contribution is -2.28. The molecule has 6 heteroatoms. The van der Waals surface area contributed by atoms with E-state index in [-0.39, 0.29) is 18.5 Å². The van der Waals surface area contributed by atoms with Gasteiger partial charge in [-0.15, -0.1) is 0 Å². The average molecular weight is 301 g/mol. The van der Waals surface area contributed by atoms with Gasteiger partial charge >= 0.3 is 12.1 Å². The minimum atomic E-state index is -4.35. The van der Waals surface area contributed by atoms with E-state index in [9.17, 15) is 18.0 Å². The fraction of sp³-hybridized carbons (Fsp3) is 0.533. The molecule has 116 valence electrons. The van der Waals surface area contributed by atoms with E-state index >= 15 is 0 Å². The highest BCUT2D eigenvalue weighted by molar-refractivity contribution is 5.66. The largest absolute Gasteiger partial charge is 0.481 e. The van der Waals surface area contributed by atoms with Gasteiger partial charge in [-0.1, -0.05) is 18.2 Å². The molecule has 0 aromatic heterocycles. The number of carbonyl (C=O) groups is 1. The molecule has 1 aromatic rings. The van der Waals surface area contributed by atoms with E-state index < -0.39 is 17.7 Å². The van der Waals surface area contributed by atoms with Gasteiger partial charge in [0.05, 0.1) is 5.56 Å². The first-order chi connectivity index (χ1) is 9.88. The van der Waals surface area contributed by atoms with Crippen LogP contribution in [-0.4, -0.2) is 28.6 Å². The summed E-state index contributed by atoms with van der Waals surface area (Å²) in [5, 5.41) is 8.65. The second-order valence-corrected chi connectivity index (χ2v) is 5.35. The number of alkyl halides is 3. The zero-order valence-electron chi connectivity index (χ0n) is 11.6. The van der Waals surface area contributed by atoms with Gasteiger partial charge < -0.3 is 5.11 Å². The molecule has 0 atom stereocenters. The molecule has 0 unspecified atom stereocenters. The summed E-state index contributed by atoms with van der Waals surface area (Å²) >= 11 is 0. The minimum Gasteiger partial charge on any atom is -0.481 e. The highest BCUT2D eigenvalue weighted by atomic mass is 19.4.